The Balaban J connectivity index is 1.82. The van der Waals surface area contributed by atoms with Crippen LogP contribution in [0, 0.1) is 0 Å². The molecule has 2 N–H and O–H groups in total. The fourth-order valence-electron chi connectivity index (χ4n) is 4.48. The van der Waals surface area contributed by atoms with Crippen LogP contribution in [0.1, 0.15) is 55.3 Å². The SMILES string of the molecule is COc1ccc2cc(C(=O)NC3(C(=O)O)CCCCC3)c(=O)n3c2c1OCCCC3. The third kappa shape index (κ3) is 3.40. The Kier molecular flexibility index (Phi) is 5.40. The molecule has 0 spiro atoms. The van der Waals surface area contributed by atoms with Gasteiger partial charge in [0.15, 0.2) is 11.5 Å². The highest BCUT2D eigenvalue weighted by atomic mass is 16.5. The molecule has 0 atom stereocenters. The number of rotatable bonds is 4. The van der Waals surface area contributed by atoms with Crippen LogP contribution in [0.15, 0.2) is 23.0 Å². The van der Waals surface area contributed by atoms with Crippen LogP contribution >= 0.6 is 0 Å². The average molecular weight is 414 g/mol. The number of aryl methyl sites for hydroxylation is 1. The quantitative estimate of drug-likeness (QED) is 0.797. The van der Waals surface area contributed by atoms with Crippen molar-refractivity contribution < 1.29 is 24.2 Å². The standard InChI is InChI=1S/C22H26N2O6/c1-29-16-8-7-14-13-15(19(25)23-22(21(27)28)9-3-2-4-10-22)20(26)24-11-5-6-12-30-18(16)17(14)24/h7-8,13H,2-6,9-12H2,1H3,(H,23,25)(H,27,28). The lowest BCUT2D eigenvalue weighted by atomic mass is 9.81. The number of hydrogen-bond donors (Lipinski definition) is 2. The number of pyridine rings is 1. The maximum Gasteiger partial charge on any atom is 0.329 e. The first-order valence-electron chi connectivity index (χ1n) is 10.4. The molecule has 1 aliphatic heterocycles. The second-order valence-corrected chi connectivity index (χ2v) is 8.01. The smallest absolute Gasteiger partial charge is 0.329 e. The number of carboxylic acids is 1. The highest BCUT2D eigenvalue weighted by Crippen LogP contribution is 2.36. The molecule has 1 aromatic carbocycles. The topological polar surface area (TPSA) is 107 Å². The molecule has 2 heterocycles. The number of methoxy groups -OCH3 is 1. The number of aromatic nitrogens is 1. The summed E-state index contributed by atoms with van der Waals surface area (Å²) in [4.78, 5) is 38.3. The van der Waals surface area contributed by atoms with Crippen molar-refractivity contribution in [3.05, 3.63) is 34.1 Å². The Labute approximate surface area is 173 Å². The van der Waals surface area contributed by atoms with Crippen molar-refractivity contribution in [3.8, 4) is 11.5 Å². The minimum atomic E-state index is -1.32. The van der Waals surface area contributed by atoms with E-state index in [9.17, 15) is 19.5 Å². The van der Waals surface area contributed by atoms with E-state index in [0.29, 0.717) is 48.4 Å². The van der Waals surface area contributed by atoms with Gasteiger partial charge in [-0.3, -0.25) is 9.59 Å². The number of ether oxygens (including phenoxy) is 2. The van der Waals surface area contributed by atoms with Crippen LogP contribution < -0.4 is 20.3 Å². The second kappa shape index (κ2) is 8.01. The van der Waals surface area contributed by atoms with Crippen LogP contribution in [0.2, 0.25) is 0 Å². The number of carbonyl (C=O) groups excluding carboxylic acids is 1. The minimum absolute atomic E-state index is 0.0506. The third-order valence-electron chi connectivity index (χ3n) is 6.13. The first kappa shape index (κ1) is 20.3. The molecular formula is C22H26N2O6. The van der Waals surface area contributed by atoms with Gasteiger partial charge in [-0.2, -0.15) is 0 Å². The zero-order chi connectivity index (χ0) is 21.3. The van der Waals surface area contributed by atoms with E-state index in [0.717, 1.165) is 32.1 Å². The van der Waals surface area contributed by atoms with Crippen molar-refractivity contribution in [2.45, 2.75) is 57.0 Å². The van der Waals surface area contributed by atoms with Crippen molar-refractivity contribution in [3.63, 3.8) is 0 Å². The molecule has 2 aromatic rings. The van der Waals surface area contributed by atoms with Crippen LogP contribution in [0.4, 0.5) is 0 Å². The van der Waals surface area contributed by atoms with Gasteiger partial charge in [0.2, 0.25) is 0 Å². The summed E-state index contributed by atoms with van der Waals surface area (Å²) in [6.07, 6.45) is 4.64. The fraction of sp³-hybridized carbons (Fsp3) is 0.500. The van der Waals surface area contributed by atoms with Crippen molar-refractivity contribution in [1.29, 1.82) is 0 Å². The molecule has 1 amide bonds. The Morgan fingerprint density at radius 3 is 2.63 bits per heavy atom. The third-order valence-corrected chi connectivity index (χ3v) is 6.13. The van der Waals surface area contributed by atoms with Gasteiger partial charge in [-0.1, -0.05) is 19.3 Å². The number of amides is 1. The Bertz CT molecular complexity index is 1050. The van der Waals surface area contributed by atoms with Gasteiger partial charge in [0.05, 0.1) is 19.2 Å². The number of nitrogens with zero attached hydrogens (tertiary/aromatic N) is 1. The molecule has 0 unspecified atom stereocenters. The molecule has 0 bridgehead atoms. The zero-order valence-corrected chi connectivity index (χ0v) is 17.0. The molecule has 1 aromatic heterocycles. The molecule has 1 aliphatic carbocycles. The van der Waals surface area contributed by atoms with E-state index >= 15 is 0 Å². The summed E-state index contributed by atoms with van der Waals surface area (Å²) in [5.74, 6) is -0.670. The first-order chi connectivity index (χ1) is 14.5. The number of benzene rings is 1. The summed E-state index contributed by atoms with van der Waals surface area (Å²) in [6.45, 7) is 0.969. The zero-order valence-electron chi connectivity index (χ0n) is 17.0. The van der Waals surface area contributed by atoms with E-state index in [-0.39, 0.29) is 5.56 Å². The summed E-state index contributed by atoms with van der Waals surface area (Å²) in [5.41, 5.74) is -1.22. The van der Waals surface area contributed by atoms with Gasteiger partial charge >= 0.3 is 5.97 Å². The molecule has 30 heavy (non-hydrogen) atoms. The predicted octanol–water partition coefficient (Wildman–Crippen LogP) is 2.70. The van der Waals surface area contributed by atoms with E-state index in [1.54, 1.807) is 23.8 Å². The van der Waals surface area contributed by atoms with Crippen LogP contribution in [-0.2, 0) is 11.3 Å². The highest BCUT2D eigenvalue weighted by molar-refractivity contribution is 6.01. The van der Waals surface area contributed by atoms with Gasteiger partial charge in [0.1, 0.15) is 11.1 Å². The molecular weight excluding hydrogens is 388 g/mol. The van der Waals surface area contributed by atoms with Crippen molar-refractivity contribution in [2.24, 2.45) is 0 Å². The Morgan fingerprint density at radius 2 is 1.93 bits per heavy atom. The van der Waals surface area contributed by atoms with Gasteiger partial charge in [-0.05, 0) is 43.9 Å². The van der Waals surface area contributed by atoms with Crippen LogP contribution in [-0.4, -0.2) is 40.8 Å². The summed E-state index contributed by atoms with van der Waals surface area (Å²) < 4.78 is 12.8. The lowest BCUT2D eigenvalue weighted by molar-refractivity contribution is -0.145. The van der Waals surface area contributed by atoms with E-state index in [4.69, 9.17) is 9.47 Å². The Morgan fingerprint density at radius 1 is 1.17 bits per heavy atom. The predicted molar refractivity (Wildman–Crippen MR) is 110 cm³/mol. The molecule has 8 nitrogen and oxygen atoms in total. The molecule has 1 saturated carbocycles. The summed E-state index contributed by atoms with van der Waals surface area (Å²) in [7, 11) is 1.54. The van der Waals surface area contributed by atoms with Crippen LogP contribution in [0.5, 0.6) is 11.5 Å². The second-order valence-electron chi connectivity index (χ2n) is 8.01. The van der Waals surface area contributed by atoms with Gasteiger partial charge < -0.3 is 24.5 Å². The van der Waals surface area contributed by atoms with Gasteiger partial charge in [0, 0.05) is 11.9 Å². The molecule has 0 radical (unpaired) electrons. The van der Waals surface area contributed by atoms with E-state index in [1.807, 2.05) is 0 Å². The molecule has 2 aliphatic rings. The Hall–Kier alpha value is -3.03. The largest absolute Gasteiger partial charge is 0.493 e. The lowest BCUT2D eigenvalue weighted by Gasteiger charge is -2.34. The minimum Gasteiger partial charge on any atom is -0.493 e. The van der Waals surface area contributed by atoms with Crippen LogP contribution in [0.3, 0.4) is 0 Å². The number of nitrogens with one attached hydrogen (secondary N) is 1. The summed E-state index contributed by atoms with van der Waals surface area (Å²) in [5, 5.41) is 13.1. The fourth-order valence-corrected chi connectivity index (χ4v) is 4.48. The normalized spacial score (nSPS) is 18.0. The molecule has 160 valence electrons. The van der Waals surface area contributed by atoms with Gasteiger partial charge in [-0.25, -0.2) is 4.79 Å². The molecule has 1 fully saturated rings. The summed E-state index contributed by atoms with van der Waals surface area (Å²) in [6, 6.07) is 5.05. The lowest BCUT2D eigenvalue weighted by Crippen LogP contribution is -2.56. The monoisotopic (exact) mass is 414 g/mol. The van der Waals surface area contributed by atoms with Crippen LogP contribution in [0.25, 0.3) is 10.9 Å². The molecule has 4 rings (SSSR count). The maximum atomic E-state index is 13.3. The van der Waals surface area contributed by atoms with E-state index in [2.05, 4.69) is 5.32 Å². The number of hydrogen-bond acceptors (Lipinski definition) is 5. The summed E-state index contributed by atoms with van der Waals surface area (Å²) >= 11 is 0. The molecule has 8 heteroatoms. The number of aliphatic carboxylic acids is 1. The van der Waals surface area contributed by atoms with E-state index in [1.165, 1.54) is 6.07 Å². The van der Waals surface area contributed by atoms with Gasteiger partial charge in [-0.15, -0.1) is 0 Å². The number of carbonyl (C=O) groups is 2. The van der Waals surface area contributed by atoms with Crippen molar-refractivity contribution >= 4 is 22.8 Å². The number of carboxylic acid groups (broad SMARTS) is 1. The van der Waals surface area contributed by atoms with Gasteiger partial charge in [0.25, 0.3) is 11.5 Å². The van der Waals surface area contributed by atoms with Crippen molar-refractivity contribution in [2.75, 3.05) is 13.7 Å². The average Bonchev–Trinajstić information content (AvgIpc) is 2.72. The highest BCUT2D eigenvalue weighted by Gasteiger charge is 2.41. The maximum absolute atomic E-state index is 13.3. The van der Waals surface area contributed by atoms with Crippen molar-refractivity contribution in [1.82, 2.24) is 9.88 Å². The van der Waals surface area contributed by atoms with E-state index < -0.39 is 23.0 Å². The first-order valence-corrected chi connectivity index (χ1v) is 10.4. The molecule has 0 saturated heterocycles.